The van der Waals surface area contributed by atoms with Gasteiger partial charge in [0.1, 0.15) is 0 Å². The Labute approximate surface area is 163 Å². The van der Waals surface area contributed by atoms with Crippen LogP contribution in [0.15, 0.2) is 43.4 Å². The van der Waals surface area contributed by atoms with Crippen LogP contribution in [0.2, 0.25) is 0 Å². The van der Waals surface area contributed by atoms with Gasteiger partial charge in [-0.05, 0) is 13.3 Å². The van der Waals surface area contributed by atoms with Crippen LogP contribution >= 0.6 is 0 Å². The maximum absolute atomic E-state index is 13.0. The lowest BCUT2D eigenvalue weighted by Gasteiger charge is -2.07. The van der Waals surface area contributed by atoms with Crippen molar-refractivity contribution in [3.8, 4) is 0 Å². The summed E-state index contributed by atoms with van der Waals surface area (Å²) in [6, 6.07) is 6.32. The summed E-state index contributed by atoms with van der Waals surface area (Å²) in [4.78, 5) is 51.8. The van der Waals surface area contributed by atoms with Gasteiger partial charge in [0.05, 0.1) is 32.9 Å². The number of nitrogen functional groups attached to an aromatic ring is 2. The number of nitrogens with two attached hydrogens (primary N) is 2. The second-order valence-electron chi connectivity index (χ2n) is 6.84. The highest BCUT2D eigenvalue weighted by molar-refractivity contribution is 6.20. The van der Waals surface area contributed by atoms with Crippen molar-refractivity contribution in [2.45, 2.75) is 19.9 Å². The van der Waals surface area contributed by atoms with Crippen LogP contribution in [0.4, 0.5) is 11.4 Å². The fraction of sp³-hybridized carbons (Fsp3) is 0.238. The Morgan fingerprint density at radius 3 is 1.76 bits per heavy atom. The van der Waals surface area contributed by atoms with Gasteiger partial charge >= 0.3 is 0 Å². The Balaban J connectivity index is 2.15. The second-order valence-corrected chi connectivity index (χ2v) is 6.84. The normalized spacial score (nSPS) is 11.8. The molecule has 0 spiro atoms. The highest BCUT2D eigenvalue weighted by Gasteiger charge is 2.25. The topological polar surface area (TPSA) is 134 Å². The molecule has 4 aromatic rings. The molecule has 3 aromatic carbocycles. The number of nitrogens with zero attached hydrogens (tertiary/aromatic N) is 1. The lowest BCUT2D eigenvalue weighted by atomic mass is 9.97. The molecule has 29 heavy (non-hydrogen) atoms. The molecule has 0 aliphatic rings. The van der Waals surface area contributed by atoms with Crippen molar-refractivity contribution < 1.29 is 4.74 Å². The van der Waals surface area contributed by atoms with Gasteiger partial charge in [-0.1, -0.05) is 24.3 Å². The van der Waals surface area contributed by atoms with Gasteiger partial charge in [0, 0.05) is 30.5 Å². The van der Waals surface area contributed by atoms with Crippen molar-refractivity contribution in [2.75, 3.05) is 24.7 Å². The van der Waals surface area contributed by atoms with Crippen molar-refractivity contribution in [3.63, 3.8) is 0 Å². The summed E-state index contributed by atoms with van der Waals surface area (Å²) in [5.74, 6) is 0. The number of ether oxygens (including phenoxy) is 1. The van der Waals surface area contributed by atoms with Crippen LogP contribution in [0.3, 0.4) is 0 Å². The molecule has 8 nitrogen and oxygen atoms in total. The molecule has 0 atom stereocenters. The Hall–Kier alpha value is -3.52. The first-order chi connectivity index (χ1) is 13.9. The maximum atomic E-state index is 13.0. The zero-order chi connectivity index (χ0) is 20.9. The van der Waals surface area contributed by atoms with Crippen molar-refractivity contribution in [3.05, 3.63) is 65.4 Å². The third-order valence-electron chi connectivity index (χ3n) is 5.24. The van der Waals surface area contributed by atoms with E-state index in [0.717, 1.165) is 4.57 Å². The van der Waals surface area contributed by atoms with Crippen molar-refractivity contribution in [1.29, 1.82) is 0 Å². The summed E-state index contributed by atoms with van der Waals surface area (Å²) < 4.78 is 6.28. The lowest BCUT2D eigenvalue weighted by Crippen LogP contribution is -2.26. The molecule has 0 aliphatic heterocycles. The molecule has 0 saturated carbocycles. The summed E-state index contributed by atoms with van der Waals surface area (Å²) in [6.07, 6.45) is 0.447. The van der Waals surface area contributed by atoms with E-state index in [9.17, 15) is 19.2 Å². The first-order valence-electron chi connectivity index (χ1n) is 9.27. The van der Waals surface area contributed by atoms with Crippen LogP contribution < -0.4 is 33.4 Å². The zero-order valence-corrected chi connectivity index (χ0v) is 15.8. The lowest BCUT2D eigenvalue weighted by molar-refractivity contribution is 0.141. The largest absolute Gasteiger partial charge is 0.397 e. The fourth-order valence-corrected chi connectivity index (χ4v) is 3.89. The van der Waals surface area contributed by atoms with Crippen LogP contribution in [0.5, 0.6) is 0 Å². The van der Waals surface area contributed by atoms with Gasteiger partial charge in [0.2, 0.25) is 0 Å². The summed E-state index contributed by atoms with van der Waals surface area (Å²) in [7, 11) is 0. The van der Waals surface area contributed by atoms with Gasteiger partial charge < -0.3 is 16.2 Å². The van der Waals surface area contributed by atoms with Gasteiger partial charge in [0.25, 0.3) is 11.1 Å². The number of hydrogen-bond donors (Lipinski definition) is 2. The quantitative estimate of drug-likeness (QED) is 0.222. The van der Waals surface area contributed by atoms with Crippen LogP contribution in [-0.2, 0) is 11.3 Å². The number of hydrogen-bond acceptors (Lipinski definition) is 7. The molecule has 0 radical (unpaired) electrons. The van der Waals surface area contributed by atoms with Crippen molar-refractivity contribution >= 4 is 43.7 Å². The first-order valence-corrected chi connectivity index (χ1v) is 9.27. The fourth-order valence-electron chi connectivity index (χ4n) is 3.89. The van der Waals surface area contributed by atoms with E-state index < -0.39 is 22.0 Å². The molecule has 8 heteroatoms. The van der Waals surface area contributed by atoms with E-state index in [1.807, 2.05) is 6.92 Å². The molecule has 0 bridgehead atoms. The molecule has 0 fully saturated rings. The summed E-state index contributed by atoms with van der Waals surface area (Å²) in [5, 5.41) is -0.0429. The minimum absolute atomic E-state index is 0.108. The van der Waals surface area contributed by atoms with E-state index >= 15 is 0 Å². The van der Waals surface area contributed by atoms with Crippen molar-refractivity contribution in [1.82, 2.24) is 4.57 Å². The minimum Gasteiger partial charge on any atom is -0.397 e. The SMILES string of the molecule is CCOCCCn1c(=O)c2c(N)c3c(=O)c4ccccc4c(=O)c3c(N)c2c1=O. The molecular weight excluding hydrogens is 374 g/mol. The average molecular weight is 393 g/mol. The zero-order valence-electron chi connectivity index (χ0n) is 15.8. The number of fused-ring (bicyclic) bond motifs is 3. The summed E-state index contributed by atoms with van der Waals surface area (Å²) in [6.45, 7) is 2.88. The third-order valence-corrected chi connectivity index (χ3v) is 5.24. The highest BCUT2D eigenvalue weighted by atomic mass is 16.5. The number of benzene rings is 3. The third kappa shape index (κ3) is 2.56. The molecule has 1 heterocycles. The molecule has 0 aliphatic carbocycles. The molecular formula is C21H19N3O5. The van der Waals surface area contributed by atoms with Crippen LogP contribution in [0.25, 0.3) is 32.3 Å². The van der Waals surface area contributed by atoms with E-state index in [-0.39, 0.29) is 50.2 Å². The van der Waals surface area contributed by atoms with E-state index in [2.05, 4.69) is 0 Å². The Bertz CT molecular complexity index is 1390. The average Bonchev–Trinajstić information content (AvgIpc) is 2.97. The van der Waals surface area contributed by atoms with Crippen LogP contribution in [0.1, 0.15) is 13.3 Å². The molecule has 1 aromatic heterocycles. The monoisotopic (exact) mass is 393 g/mol. The van der Waals surface area contributed by atoms with Gasteiger partial charge in [-0.25, -0.2) is 0 Å². The summed E-state index contributed by atoms with van der Waals surface area (Å²) >= 11 is 0. The molecule has 0 amide bonds. The van der Waals surface area contributed by atoms with Crippen LogP contribution in [-0.4, -0.2) is 17.8 Å². The Kier molecular flexibility index (Phi) is 4.43. The van der Waals surface area contributed by atoms with E-state index in [1.54, 1.807) is 12.1 Å². The Morgan fingerprint density at radius 2 is 1.31 bits per heavy atom. The number of aromatic nitrogens is 1. The highest BCUT2D eigenvalue weighted by Crippen LogP contribution is 2.31. The number of rotatable bonds is 5. The molecule has 4 N–H and O–H groups in total. The minimum atomic E-state index is -0.618. The predicted octanol–water partition coefficient (Wildman–Crippen LogP) is 0.855. The molecule has 0 unspecified atom stereocenters. The van der Waals surface area contributed by atoms with Gasteiger partial charge in [-0.3, -0.25) is 23.7 Å². The van der Waals surface area contributed by atoms with Gasteiger partial charge in [0.15, 0.2) is 10.9 Å². The van der Waals surface area contributed by atoms with Crippen molar-refractivity contribution in [2.24, 2.45) is 0 Å². The first kappa shape index (κ1) is 18.8. The molecule has 0 saturated heterocycles. The van der Waals surface area contributed by atoms with Gasteiger partial charge in [-0.15, -0.1) is 0 Å². The summed E-state index contributed by atoms with van der Waals surface area (Å²) in [5.41, 5.74) is 9.78. The standard InChI is InChI=1S/C21H19N3O5/c1-2-29-9-5-8-24-20(27)14-15(21(24)28)17(23)13-12(16(14)22)18(25)10-6-3-4-7-11(10)19(13)26/h3-4,6-7H,2,5,8-9,22-23H2,1H3. The van der Waals surface area contributed by atoms with E-state index in [4.69, 9.17) is 16.2 Å². The second kappa shape index (κ2) is 6.82. The van der Waals surface area contributed by atoms with Gasteiger partial charge in [-0.2, -0.15) is 0 Å². The molecule has 4 rings (SSSR count). The smallest absolute Gasteiger partial charge is 0.263 e. The maximum Gasteiger partial charge on any atom is 0.263 e. The predicted molar refractivity (Wildman–Crippen MR) is 114 cm³/mol. The van der Waals surface area contributed by atoms with Crippen LogP contribution in [0, 0.1) is 0 Å². The Morgan fingerprint density at radius 1 is 0.828 bits per heavy atom. The number of anilines is 2. The molecule has 148 valence electrons. The van der Waals surface area contributed by atoms with E-state index in [0.29, 0.717) is 19.6 Å². The van der Waals surface area contributed by atoms with E-state index in [1.165, 1.54) is 12.1 Å².